The molecule has 10 nitrogen and oxygen atoms in total. The minimum Gasteiger partial charge on any atom is -0.351 e. The van der Waals surface area contributed by atoms with Crippen LogP contribution in [0, 0.1) is 0 Å². The molecule has 4 N–H and O–H groups in total. The van der Waals surface area contributed by atoms with Crippen molar-refractivity contribution in [3.05, 3.63) is 66.0 Å². The van der Waals surface area contributed by atoms with Crippen LogP contribution >= 0.6 is 0 Å². The molecule has 3 aromatic rings. The molecular weight excluding hydrogens is 376 g/mol. The summed E-state index contributed by atoms with van der Waals surface area (Å²) in [4.78, 5) is 24.6. The van der Waals surface area contributed by atoms with Crippen LogP contribution in [0.4, 0.5) is 0 Å². The number of aromatic amines is 1. The molecule has 0 aliphatic heterocycles. The normalized spacial score (nSPS) is 12.8. The van der Waals surface area contributed by atoms with Crippen molar-refractivity contribution in [2.75, 3.05) is 0 Å². The molecule has 0 bridgehead atoms. The molecular formula is C19H20N6O4. The molecule has 0 aliphatic carbocycles. The molecule has 29 heavy (non-hydrogen) atoms. The predicted molar refractivity (Wildman–Crippen MR) is 101 cm³/mol. The number of H-pyrrole nitrogens is 1. The van der Waals surface area contributed by atoms with Crippen molar-refractivity contribution in [3.63, 3.8) is 0 Å². The minimum atomic E-state index is -1.96. The van der Waals surface area contributed by atoms with Gasteiger partial charge in [-0.05, 0) is 34.0 Å². The summed E-state index contributed by atoms with van der Waals surface area (Å²) >= 11 is 0. The highest BCUT2D eigenvalue weighted by Crippen LogP contribution is 2.21. The number of hydroxylamine groups is 1. The summed E-state index contributed by atoms with van der Waals surface area (Å²) in [5, 5.41) is 24.4. The third kappa shape index (κ3) is 4.81. The number of amides is 2. The minimum absolute atomic E-state index is 0.0176. The standard InChI is InChI=1S/C19H20N6O4/c1-19(18(27)23-28,17(26)20-11-16-21-24-25-22-16)29-12-13-7-9-15(10-8-13)14-5-3-2-4-6-14/h2-10,28H,11-12H2,1H3,(H,20,26)(H,23,27)(H,21,22,24,25). The molecule has 0 fully saturated rings. The number of carbonyl (C=O) groups excluding carboxylic acids is 2. The van der Waals surface area contributed by atoms with Crippen LogP contribution in [-0.2, 0) is 27.5 Å². The number of aromatic nitrogens is 4. The van der Waals surface area contributed by atoms with Crippen molar-refractivity contribution in [2.45, 2.75) is 25.7 Å². The van der Waals surface area contributed by atoms with Crippen molar-refractivity contribution in [1.82, 2.24) is 31.4 Å². The van der Waals surface area contributed by atoms with E-state index in [0.717, 1.165) is 16.7 Å². The summed E-state index contributed by atoms with van der Waals surface area (Å²) in [7, 11) is 0. The molecule has 0 aliphatic rings. The van der Waals surface area contributed by atoms with Crippen LogP contribution in [0.2, 0.25) is 0 Å². The second-order valence-electron chi connectivity index (χ2n) is 6.36. The molecule has 0 saturated carbocycles. The van der Waals surface area contributed by atoms with E-state index in [1.807, 2.05) is 54.6 Å². The zero-order chi connectivity index (χ0) is 20.7. The Bertz CT molecular complexity index is 947. The van der Waals surface area contributed by atoms with E-state index in [0.29, 0.717) is 5.82 Å². The van der Waals surface area contributed by atoms with Crippen LogP contribution in [0.1, 0.15) is 18.3 Å². The number of rotatable bonds is 8. The molecule has 1 heterocycles. The first-order valence-electron chi connectivity index (χ1n) is 8.76. The van der Waals surface area contributed by atoms with Gasteiger partial charge in [0.2, 0.25) is 5.60 Å². The number of hydrogen-bond donors (Lipinski definition) is 4. The van der Waals surface area contributed by atoms with Gasteiger partial charge in [0, 0.05) is 0 Å². The Balaban J connectivity index is 1.66. The van der Waals surface area contributed by atoms with Gasteiger partial charge >= 0.3 is 0 Å². The molecule has 0 radical (unpaired) electrons. The summed E-state index contributed by atoms with van der Waals surface area (Å²) in [6.45, 7) is 1.22. The van der Waals surface area contributed by atoms with Crippen molar-refractivity contribution >= 4 is 11.8 Å². The molecule has 2 amide bonds. The number of hydrogen-bond acceptors (Lipinski definition) is 7. The average Bonchev–Trinajstić information content (AvgIpc) is 3.30. The van der Waals surface area contributed by atoms with Crippen molar-refractivity contribution < 1.29 is 19.5 Å². The van der Waals surface area contributed by atoms with Crippen molar-refractivity contribution in [1.29, 1.82) is 0 Å². The second kappa shape index (κ2) is 9.04. The van der Waals surface area contributed by atoms with Gasteiger partial charge in [-0.3, -0.25) is 14.8 Å². The van der Waals surface area contributed by atoms with E-state index in [1.54, 1.807) is 0 Å². The quantitative estimate of drug-likeness (QED) is 0.252. The Hall–Kier alpha value is -3.63. The molecule has 150 valence electrons. The van der Waals surface area contributed by atoms with Gasteiger partial charge in [-0.2, -0.15) is 0 Å². The zero-order valence-electron chi connectivity index (χ0n) is 15.6. The fourth-order valence-corrected chi connectivity index (χ4v) is 2.58. The van der Waals surface area contributed by atoms with Gasteiger partial charge in [-0.1, -0.05) is 54.6 Å². The molecule has 2 aromatic carbocycles. The monoisotopic (exact) mass is 396 g/mol. The van der Waals surface area contributed by atoms with Crippen LogP contribution in [0.3, 0.4) is 0 Å². The zero-order valence-corrected chi connectivity index (χ0v) is 15.6. The van der Waals surface area contributed by atoms with Gasteiger partial charge in [-0.25, -0.2) is 10.6 Å². The smallest absolute Gasteiger partial charge is 0.285 e. The summed E-state index contributed by atoms with van der Waals surface area (Å²) in [5.74, 6) is -1.44. The lowest BCUT2D eigenvalue weighted by molar-refractivity contribution is -0.166. The van der Waals surface area contributed by atoms with Gasteiger partial charge < -0.3 is 10.1 Å². The lowest BCUT2D eigenvalue weighted by atomic mass is 10.0. The second-order valence-corrected chi connectivity index (χ2v) is 6.36. The SMILES string of the molecule is CC(OCc1ccc(-c2ccccc2)cc1)(C(=O)NO)C(=O)NCc1nnn[nH]1. The highest BCUT2D eigenvalue weighted by Gasteiger charge is 2.42. The first-order chi connectivity index (χ1) is 14.0. The maximum absolute atomic E-state index is 12.5. The van der Waals surface area contributed by atoms with E-state index in [9.17, 15) is 9.59 Å². The van der Waals surface area contributed by atoms with Gasteiger partial charge in [0.25, 0.3) is 11.8 Å². The topological polar surface area (TPSA) is 142 Å². The fourth-order valence-electron chi connectivity index (χ4n) is 2.58. The Labute approximate surface area is 166 Å². The number of tetrazole rings is 1. The Morgan fingerprint density at radius 3 is 2.38 bits per heavy atom. The number of carbonyl (C=O) groups is 2. The van der Waals surface area contributed by atoms with Crippen LogP contribution < -0.4 is 10.8 Å². The van der Waals surface area contributed by atoms with Gasteiger partial charge in [0.05, 0.1) is 13.2 Å². The van der Waals surface area contributed by atoms with E-state index in [2.05, 4.69) is 25.9 Å². The largest absolute Gasteiger partial charge is 0.351 e. The third-order valence-electron chi connectivity index (χ3n) is 4.36. The number of nitrogens with zero attached hydrogens (tertiary/aromatic N) is 3. The van der Waals surface area contributed by atoms with Crippen LogP contribution in [0.15, 0.2) is 54.6 Å². The van der Waals surface area contributed by atoms with Crippen molar-refractivity contribution in [3.8, 4) is 11.1 Å². The van der Waals surface area contributed by atoms with Gasteiger partial charge in [0.1, 0.15) is 0 Å². The van der Waals surface area contributed by atoms with E-state index in [4.69, 9.17) is 9.94 Å². The fraction of sp³-hybridized carbons (Fsp3) is 0.211. The molecule has 10 heteroatoms. The van der Waals surface area contributed by atoms with Crippen molar-refractivity contribution in [2.24, 2.45) is 0 Å². The first-order valence-corrected chi connectivity index (χ1v) is 8.76. The summed E-state index contributed by atoms with van der Waals surface area (Å²) in [6, 6.07) is 17.4. The molecule has 1 aromatic heterocycles. The third-order valence-corrected chi connectivity index (χ3v) is 4.36. The molecule has 3 rings (SSSR count). The predicted octanol–water partition coefficient (Wildman–Crippen LogP) is 0.964. The summed E-state index contributed by atoms with van der Waals surface area (Å²) in [6.07, 6.45) is 0. The van der Waals surface area contributed by atoms with E-state index in [1.165, 1.54) is 12.4 Å². The Morgan fingerprint density at radius 2 is 1.76 bits per heavy atom. The molecule has 1 unspecified atom stereocenters. The number of ether oxygens (including phenoxy) is 1. The first kappa shape index (κ1) is 20.1. The van der Waals surface area contributed by atoms with Crippen LogP contribution in [0.25, 0.3) is 11.1 Å². The molecule has 0 saturated heterocycles. The van der Waals surface area contributed by atoms with E-state index < -0.39 is 17.4 Å². The lowest BCUT2D eigenvalue weighted by Crippen LogP contribution is -2.56. The maximum atomic E-state index is 12.5. The maximum Gasteiger partial charge on any atom is 0.285 e. The average molecular weight is 396 g/mol. The van der Waals surface area contributed by atoms with E-state index in [-0.39, 0.29) is 13.2 Å². The van der Waals surface area contributed by atoms with E-state index >= 15 is 0 Å². The lowest BCUT2D eigenvalue weighted by Gasteiger charge is -2.26. The molecule has 0 spiro atoms. The molecule has 1 atom stereocenters. The number of benzene rings is 2. The Morgan fingerprint density at radius 1 is 1.07 bits per heavy atom. The Kier molecular flexibility index (Phi) is 6.27. The van der Waals surface area contributed by atoms with Gasteiger partial charge in [0.15, 0.2) is 5.82 Å². The van der Waals surface area contributed by atoms with Crippen LogP contribution in [0.5, 0.6) is 0 Å². The van der Waals surface area contributed by atoms with Gasteiger partial charge in [-0.15, -0.1) is 5.10 Å². The number of nitrogens with one attached hydrogen (secondary N) is 3. The summed E-state index contributed by atoms with van der Waals surface area (Å²) in [5.41, 5.74) is 2.38. The highest BCUT2D eigenvalue weighted by atomic mass is 16.5. The van der Waals surface area contributed by atoms with Crippen LogP contribution in [-0.4, -0.2) is 43.2 Å². The highest BCUT2D eigenvalue weighted by molar-refractivity contribution is 6.07. The summed E-state index contributed by atoms with van der Waals surface area (Å²) < 4.78 is 5.60.